The predicted molar refractivity (Wildman–Crippen MR) is 122 cm³/mol. The number of H-pyrrole nitrogens is 1. The van der Waals surface area contributed by atoms with Gasteiger partial charge in [-0.25, -0.2) is 18.9 Å². The maximum atomic E-state index is 15.3. The summed E-state index contributed by atoms with van der Waals surface area (Å²) in [5.41, 5.74) is 0.192. The van der Waals surface area contributed by atoms with E-state index in [0.29, 0.717) is 24.4 Å². The lowest BCUT2D eigenvalue weighted by atomic mass is 9.73. The molecule has 2 aliphatic rings. The summed E-state index contributed by atoms with van der Waals surface area (Å²) in [7, 11) is 1.59. The van der Waals surface area contributed by atoms with E-state index >= 15 is 4.39 Å². The van der Waals surface area contributed by atoms with Gasteiger partial charge in [-0.1, -0.05) is 25.1 Å². The summed E-state index contributed by atoms with van der Waals surface area (Å²) in [6.07, 6.45) is 2.75. The van der Waals surface area contributed by atoms with Crippen LogP contribution in [0.1, 0.15) is 32.0 Å². The summed E-state index contributed by atoms with van der Waals surface area (Å²) in [5, 5.41) is 9.94. The standard InChI is InChI=1S/C25H27FN4O3/c1-24(9-10-24)22(31)25(11-12-27-15-25)14-21-28-29-23(32)30(21)20-8-5-17(13-19(20)26)16-3-6-18(33-2)7-4-16/h3-8,13,27H,9-12,14-15H2,1-2H3,(H,29,32)/t25-/m0/s1. The molecule has 5 rings (SSSR count). The Morgan fingerprint density at radius 3 is 2.48 bits per heavy atom. The molecule has 33 heavy (non-hydrogen) atoms. The largest absolute Gasteiger partial charge is 0.497 e. The number of carbonyl (C=O) groups is 1. The van der Waals surface area contributed by atoms with Crippen molar-refractivity contribution in [3.63, 3.8) is 0 Å². The highest BCUT2D eigenvalue weighted by molar-refractivity contribution is 5.93. The smallest absolute Gasteiger partial charge is 0.348 e. The van der Waals surface area contributed by atoms with Crippen molar-refractivity contribution in [1.29, 1.82) is 0 Å². The third kappa shape index (κ3) is 3.78. The van der Waals surface area contributed by atoms with E-state index in [9.17, 15) is 9.59 Å². The fourth-order valence-electron chi connectivity index (χ4n) is 4.87. The number of aromatic nitrogens is 3. The maximum absolute atomic E-state index is 15.3. The second-order valence-corrected chi connectivity index (χ2v) is 9.45. The van der Waals surface area contributed by atoms with E-state index in [1.807, 2.05) is 31.2 Å². The average molecular weight is 451 g/mol. The zero-order valence-electron chi connectivity index (χ0n) is 18.8. The van der Waals surface area contributed by atoms with E-state index in [1.165, 1.54) is 10.6 Å². The Hall–Kier alpha value is -3.26. The first-order valence-electron chi connectivity index (χ1n) is 11.2. The molecule has 172 valence electrons. The number of benzene rings is 2. The van der Waals surface area contributed by atoms with Gasteiger partial charge in [0.25, 0.3) is 0 Å². The molecule has 0 amide bonds. The fraction of sp³-hybridized carbons (Fsp3) is 0.400. The molecule has 3 aromatic rings. The lowest BCUT2D eigenvalue weighted by Crippen LogP contribution is -2.41. The number of rotatable bonds is 7. The summed E-state index contributed by atoms with van der Waals surface area (Å²) in [5.74, 6) is 0.775. The Kier molecular flexibility index (Phi) is 5.20. The molecule has 1 saturated heterocycles. The normalized spacial score (nSPS) is 21.2. The number of Topliss-reactive ketones (excluding diaryl/α,β-unsaturated/α-hetero) is 1. The Balaban J connectivity index is 1.49. The highest BCUT2D eigenvalue weighted by atomic mass is 19.1. The van der Waals surface area contributed by atoms with Gasteiger partial charge in [0, 0.05) is 18.4 Å². The molecule has 0 bridgehead atoms. The second-order valence-electron chi connectivity index (χ2n) is 9.45. The number of nitrogens with one attached hydrogen (secondary N) is 2. The van der Waals surface area contributed by atoms with Crippen LogP contribution in [-0.4, -0.2) is 40.7 Å². The molecule has 1 atom stereocenters. The molecule has 1 saturated carbocycles. The zero-order valence-corrected chi connectivity index (χ0v) is 18.8. The van der Waals surface area contributed by atoms with Gasteiger partial charge in [0.05, 0.1) is 18.2 Å². The van der Waals surface area contributed by atoms with Crippen molar-refractivity contribution in [2.45, 2.75) is 32.6 Å². The number of halogens is 1. The molecule has 1 aromatic heterocycles. The third-order valence-corrected chi connectivity index (χ3v) is 7.12. The lowest BCUT2D eigenvalue weighted by Gasteiger charge is -2.29. The van der Waals surface area contributed by atoms with Crippen molar-refractivity contribution < 1.29 is 13.9 Å². The zero-order chi connectivity index (χ0) is 23.2. The van der Waals surface area contributed by atoms with Crippen LogP contribution >= 0.6 is 0 Å². The van der Waals surface area contributed by atoms with Gasteiger partial charge in [-0.2, -0.15) is 5.10 Å². The Bertz CT molecular complexity index is 1250. The van der Waals surface area contributed by atoms with Crippen LogP contribution in [-0.2, 0) is 11.2 Å². The Labute approximate surface area is 191 Å². The van der Waals surface area contributed by atoms with E-state index in [0.717, 1.165) is 30.7 Å². The first-order valence-corrected chi connectivity index (χ1v) is 11.2. The fourth-order valence-corrected chi connectivity index (χ4v) is 4.87. The van der Waals surface area contributed by atoms with Crippen molar-refractivity contribution in [2.24, 2.45) is 10.8 Å². The monoisotopic (exact) mass is 450 g/mol. The van der Waals surface area contributed by atoms with Crippen molar-refractivity contribution in [2.75, 3.05) is 20.2 Å². The van der Waals surface area contributed by atoms with E-state index < -0.39 is 16.9 Å². The number of aromatic amines is 1. The Morgan fingerprint density at radius 2 is 1.88 bits per heavy atom. The quantitative estimate of drug-likeness (QED) is 0.577. The number of nitrogens with zero attached hydrogens (tertiary/aromatic N) is 2. The van der Waals surface area contributed by atoms with Crippen molar-refractivity contribution in [3.8, 4) is 22.6 Å². The van der Waals surface area contributed by atoms with Gasteiger partial charge in [-0.3, -0.25) is 4.79 Å². The van der Waals surface area contributed by atoms with Gasteiger partial charge in [0.1, 0.15) is 23.2 Å². The van der Waals surface area contributed by atoms with Gasteiger partial charge in [-0.15, -0.1) is 0 Å². The molecule has 2 fully saturated rings. The van der Waals surface area contributed by atoms with Crippen LogP contribution in [0.2, 0.25) is 0 Å². The molecule has 0 spiro atoms. The van der Waals surface area contributed by atoms with Crippen LogP contribution in [0.15, 0.2) is 47.3 Å². The number of methoxy groups -OCH3 is 1. The number of hydrogen-bond acceptors (Lipinski definition) is 5. The highest BCUT2D eigenvalue weighted by Crippen LogP contribution is 2.52. The van der Waals surface area contributed by atoms with Gasteiger partial charge < -0.3 is 10.1 Å². The van der Waals surface area contributed by atoms with Crippen molar-refractivity contribution in [3.05, 3.63) is 64.6 Å². The summed E-state index contributed by atoms with van der Waals surface area (Å²) < 4.78 is 21.7. The number of carbonyl (C=O) groups excluding carboxylic acids is 1. The van der Waals surface area contributed by atoms with Crippen LogP contribution in [0.3, 0.4) is 0 Å². The molecule has 2 aromatic carbocycles. The number of hydrogen-bond donors (Lipinski definition) is 2. The minimum atomic E-state index is -0.631. The van der Waals surface area contributed by atoms with Crippen LogP contribution in [0.4, 0.5) is 4.39 Å². The summed E-state index contributed by atoms with van der Waals surface area (Å²) in [6, 6.07) is 12.1. The number of ketones is 1. The van der Waals surface area contributed by atoms with Crippen LogP contribution in [0.25, 0.3) is 16.8 Å². The predicted octanol–water partition coefficient (Wildman–Crippen LogP) is 3.27. The lowest BCUT2D eigenvalue weighted by molar-refractivity contribution is -0.132. The molecule has 1 aliphatic heterocycles. The maximum Gasteiger partial charge on any atom is 0.348 e. The molecule has 8 heteroatoms. The first-order chi connectivity index (χ1) is 15.8. The van der Waals surface area contributed by atoms with Gasteiger partial charge in [-0.05, 0) is 61.2 Å². The molecule has 2 heterocycles. The van der Waals surface area contributed by atoms with E-state index in [1.54, 1.807) is 19.2 Å². The SMILES string of the molecule is COc1ccc(-c2ccc(-n3c(C[C@@]4(C(=O)C5(C)CC5)CCNC4)n[nH]c3=O)c(F)c2)cc1. The minimum absolute atomic E-state index is 0.118. The highest BCUT2D eigenvalue weighted by Gasteiger charge is 2.55. The topological polar surface area (TPSA) is 89.0 Å². The molecular weight excluding hydrogens is 423 g/mol. The summed E-state index contributed by atoms with van der Waals surface area (Å²) >= 11 is 0. The van der Waals surface area contributed by atoms with E-state index in [2.05, 4.69) is 15.5 Å². The van der Waals surface area contributed by atoms with Crippen molar-refractivity contribution >= 4 is 5.78 Å². The van der Waals surface area contributed by atoms with Crippen LogP contribution in [0, 0.1) is 16.6 Å². The molecular formula is C25H27FN4O3. The van der Waals surface area contributed by atoms with E-state index in [4.69, 9.17) is 4.74 Å². The minimum Gasteiger partial charge on any atom is -0.497 e. The third-order valence-electron chi connectivity index (χ3n) is 7.12. The summed E-state index contributed by atoms with van der Waals surface area (Å²) in [4.78, 5) is 26.0. The van der Waals surface area contributed by atoms with Crippen LogP contribution in [0.5, 0.6) is 5.75 Å². The molecule has 0 unspecified atom stereocenters. The molecule has 2 N–H and O–H groups in total. The second kappa shape index (κ2) is 7.95. The van der Waals surface area contributed by atoms with Gasteiger partial charge in [0.15, 0.2) is 0 Å². The van der Waals surface area contributed by atoms with Gasteiger partial charge in [0.2, 0.25) is 0 Å². The Morgan fingerprint density at radius 1 is 1.15 bits per heavy atom. The average Bonchev–Trinajstić information content (AvgIpc) is 3.23. The van der Waals surface area contributed by atoms with Gasteiger partial charge >= 0.3 is 5.69 Å². The molecule has 7 nitrogen and oxygen atoms in total. The van der Waals surface area contributed by atoms with Crippen LogP contribution < -0.4 is 15.7 Å². The van der Waals surface area contributed by atoms with Crippen molar-refractivity contribution in [1.82, 2.24) is 20.1 Å². The summed E-state index contributed by atoms with van der Waals surface area (Å²) in [6.45, 7) is 3.29. The number of ether oxygens (including phenoxy) is 1. The molecule has 0 radical (unpaired) electrons. The molecule has 1 aliphatic carbocycles. The first kappa shape index (κ1) is 21.6. The van der Waals surface area contributed by atoms with E-state index in [-0.39, 0.29) is 23.3 Å².